The average Bonchev–Trinajstić information content (AvgIpc) is 2.60. The number of carbonyl (C=O) groups is 1. The van der Waals surface area contributed by atoms with E-state index in [9.17, 15) is 17.1 Å². The zero-order chi connectivity index (χ0) is 12.6. The highest BCUT2D eigenvalue weighted by Crippen LogP contribution is 2.27. The number of halogens is 1. The number of carbonyl (C=O) groups excluding carboxylic acids is 1. The van der Waals surface area contributed by atoms with Gasteiger partial charge in [-0.2, -0.15) is 8.42 Å². The molecule has 1 atom stereocenters. The first-order chi connectivity index (χ1) is 7.88. The first-order valence-electron chi connectivity index (χ1n) is 4.91. The molecule has 2 rings (SSSR count). The normalized spacial score (nSPS) is 20.9. The molecule has 0 N–H and O–H groups in total. The molecule has 0 bridgehead atoms. The minimum Gasteiger partial charge on any atom is -0.311 e. The van der Waals surface area contributed by atoms with E-state index in [0.29, 0.717) is 10.6 Å². The van der Waals surface area contributed by atoms with Gasteiger partial charge in [-0.3, -0.25) is 4.79 Å². The topological polar surface area (TPSA) is 54.5 Å². The van der Waals surface area contributed by atoms with Crippen molar-refractivity contribution >= 4 is 34.4 Å². The second-order valence-corrected chi connectivity index (χ2v) is 5.96. The second kappa shape index (κ2) is 4.30. The zero-order valence-corrected chi connectivity index (χ0v) is 10.4. The van der Waals surface area contributed by atoms with Crippen LogP contribution in [0.3, 0.4) is 0 Å². The predicted octanol–water partition coefficient (Wildman–Crippen LogP) is 1.38. The molecule has 1 amide bonds. The van der Waals surface area contributed by atoms with E-state index in [4.69, 9.17) is 0 Å². The molecule has 4 nitrogen and oxygen atoms in total. The maximum absolute atomic E-state index is 12.8. The van der Waals surface area contributed by atoms with Crippen LogP contribution < -0.4 is 4.90 Å². The maximum atomic E-state index is 12.8. The van der Waals surface area contributed by atoms with Crippen LogP contribution in [-0.4, -0.2) is 26.1 Å². The fourth-order valence-electron chi connectivity index (χ4n) is 1.77. The molecular formula is C10H10FNO3S2. The highest BCUT2D eigenvalue weighted by Gasteiger charge is 2.38. The van der Waals surface area contributed by atoms with Gasteiger partial charge in [0.05, 0.1) is 0 Å². The van der Waals surface area contributed by atoms with Crippen LogP contribution >= 0.6 is 12.6 Å². The van der Waals surface area contributed by atoms with Gasteiger partial charge in [-0.1, -0.05) is 6.07 Å². The van der Waals surface area contributed by atoms with Gasteiger partial charge in [0, 0.05) is 23.5 Å². The summed E-state index contributed by atoms with van der Waals surface area (Å²) in [6.45, 7) is -0.144. The molecule has 1 heterocycles. The molecule has 1 aromatic rings. The van der Waals surface area contributed by atoms with Gasteiger partial charge in [0.15, 0.2) is 0 Å². The minimum absolute atomic E-state index is 0.144. The molecular weight excluding hydrogens is 265 g/mol. The van der Waals surface area contributed by atoms with Gasteiger partial charge < -0.3 is 4.90 Å². The van der Waals surface area contributed by atoms with Crippen molar-refractivity contribution in [3.05, 3.63) is 24.3 Å². The summed E-state index contributed by atoms with van der Waals surface area (Å²) in [5.74, 6) is -0.393. The highest BCUT2D eigenvalue weighted by molar-refractivity contribution is 7.87. The summed E-state index contributed by atoms with van der Waals surface area (Å²) in [7, 11) is -4.67. The SMILES string of the molecule is O=C1CC(S(=O)(=O)F)CN1c1cccc(S)c1. The van der Waals surface area contributed by atoms with Crippen LogP contribution in [0.1, 0.15) is 6.42 Å². The number of anilines is 1. The van der Waals surface area contributed by atoms with Crippen molar-refractivity contribution in [2.45, 2.75) is 16.6 Å². The molecule has 0 aromatic heterocycles. The Labute approximate surface area is 104 Å². The van der Waals surface area contributed by atoms with E-state index in [1.807, 2.05) is 0 Å². The largest absolute Gasteiger partial charge is 0.311 e. The van der Waals surface area contributed by atoms with Crippen LogP contribution in [0.2, 0.25) is 0 Å². The Morgan fingerprint density at radius 1 is 1.41 bits per heavy atom. The van der Waals surface area contributed by atoms with Crippen LogP contribution in [0.15, 0.2) is 29.2 Å². The van der Waals surface area contributed by atoms with E-state index >= 15 is 0 Å². The van der Waals surface area contributed by atoms with Crippen LogP contribution in [0, 0.1) is 0 Å². The number of nitrogens with zero attached hydrogens (tertiary/aromatic N) is 1. The standard InChI is InChI=1S/C10H10FNO3S2/c11-17(14,15)9-5-10(13)12(6-9)7-2-1-3-8(16)4-7/h1-4,9,16H,5-6H2. The molecule has 7 heteroatoms. The van der Waals surface area contributed by atoms with Gasteiger partial charge in [0.2, 0.25) is 5.91 Å². The number of hydrogen-bond acceptors (Lipinski definition) is 4. The summed E-state index contributed by atoms with van der Waals surface area (Å²) in [4.78, 5) is 13.5. The molecule has 1 aliphatic heterocycles. The lowest BCUT2D eigenvalue weighted by atomic mass is 10.3. The average molecular weight is 275 g/mol. The molecule has 1 aliphatic rings. The summed E-state index contributed by atoms with van der Waals surface area (Å²) in [5, 5.41) is -1.27. The van der Waals surface area contributed by atoms with Gasteiger partial charge in [0.1, 0.15) is 5.25 Å². The Morgan fingerprint density at radius 2 is 2.12 bits per heavy atom. The smallest absolute Gasteiger partial charge is 0.307 e. The summed E-state index contributed by atoms with van der Waals surface area (Å²) in [6, 6.07) is 6.72. The number of amides is 1. The van der Waals surface area contributed by atoms with Crippen LogP contribution in [0.4, 0.5) is 9.57 Å². The quantitative estimate of drug-likeness (QED) is 0.655. The van der Waals surface area contributed by atoms with E-state index in [1.165, 1.54) is 4.90 Å². The van der Waals surface area contributed by atoms with E-state index in [-0.39, 0.29) is 13.0 Å². The molecule has 0 radical (unpaired) electrons. The lowest BCUT2D eigenvalue weighted by Crippen LogP contribution is -2.26. The highest BCUT2D eigenvalue weighted by atomic mass is 32.3. The molecule has 17 heavy (non-hydrogen) atoms. The monoisotopic (exact) mass is 275 g/mol. The fourth-order valence-corrected chi connectivity index (χ4v) is 2.66. The van der Waals surface area contributed by atoms with Crippen molar-refractivity contribution in [3.8, 4) is 0 Å². The van der Waals surface area contributed by atoms with Crippen molar-refractivity contribution < 1.29 is 17.1 Å². The maximum Gasteiger partial charge on any atom is 0.307 e. The summed E-state index contributed by atoms with van der Waals surface area (Å²) in [5.41, 5.74) is 0.536. The Balaban J connectivity index is 2.28. The van der Waals surface area contributed by atoms with Crippen molar-refractivity contribution in [1.82, 2.24) is 0 Å². The molecule has 0 aliphatic carbocycles. The van der Waals surface area contributed by atoms with E-state index in [1.54, 1.807) is 24.3 Å². The van der Waals surface area contributed by atoms with Gasteiger partial charge in [-0.05, 0) is 18.2 Å². The van der Waals surface area contributed by atoms with Gasteiger partial charge in [-0.15, -0.1) is 16.5 Å². The Kier molecular flexibility index (Phi) is 3.13. The molecule has 92 valence electrons. The Hall–Kier alpha value is -1.08. The second-order valence-electron chi connectivity index (χ2n) is 3.83. The number of benzene rings is 1. The third-order valence-corrected chi connectivity index (χ3v) is 4.02. The lowest BCUT2D eigenvalue weighted by Gasteiger charge is -2.16. The van der Waals surface area contributed by atoms with Crippen LogP contribution in [0.25, 0.3) is 0 Å². The first kappa shape index (κ1) is 12.4. The summed E-state index contributed by atoms with van der Waals surface area (Å²) >= 11 is 4.13. The van der Waals surface area contributed by atoms with Crippen molar-refractivity contribution in [2.24, 2.45) is 0 Å². The lowest BCUT2D eigenvalue weighted by molar-refractivity contribution is -0.117. The summed E-state index contributed by atoms with van der Waals surface area (Å²) in [6.07, 6.45) is -0.310. The minimum atomic E-state index is -4.67. The van der Waals surface area contributed by atoms with E-state index < -0.39 is 21.4 Å². The predicted molar refractivity (Wildman–Crippen MR) is 64.5 cm³/mol. The third-order valence-electron chi connectivity index (χ3n) is 2.63. The zero-order valence-electron chi connectivity index (χ0n) is 8.71. The number of thiol groups is 1. The molecule has 1 aromatic carbocycles. The van der Waals surface area contributed by atoms with Crippen LogP contribution in [0.5, 0.6) is 0 Å². The van der Waals surface area contributed by atoms with Gasteiger partial charge in [0.25, 0.3) is 0 Å². The fraction of sp³-hybridized carbons (Fsp3) is 0.300. The van der Waals surface area contributed by atoms with Crippen LogP contribution in [-0.2, 0) is 15.0 Å². The first-order valence-corrected chi connectivity index (χ1v) is 6.80. The van der Waals surface area contributed by atoms with Crippen molar-refractivity contribution in [3.63, 3.8) is 0 Å². The molecule has 1 unspecified atom stereocenters. The Bertz CT molecular complexity index is 558. The molecule has 0 saturated carbocycles. The van der Waals surface area contributed by atoms with E-state index in [2.05, 4.69) is 12.6 Å². The molecule has 1 fully saturated rings. The molecule has 0 spiro atoms. The van der Waals surface area contributed by atoms with Crippen molar-refractivity contribution in [2.75, 3.05) is 11.4 Å². The number of hydrogen-bond donors (Lipinski definition) is 1. The van der Waals surface area contributed by atoms with Gasteiger partial charge >= 0.3 is 10.2 Å². The third kappa shape index (κ3) is 2.61. The van der Waals surface area contributed by atoms with Crippen molar-refractivity contribution in [1.29, 1.82) is 0 Å². The molecule has 1 saturated heterocycles. The summed E-state index contributed by atoms with van der Waals surface area (Å²) < 4.78 is 34.3. The van der Waals surface area contributed by atoms with Gasteiger partial charge in [-0.25, -0.2) is 0 Å². The number of rotatable bonds is 2. The van der Waals surface area contributed by atoms with E-state index in [0.717, 1.165) is 0 Å². The Morgan fingerprint density at radius 3 is 2.65 bits per heavy atom.